The third-order valence-corrected chi connectivity index (χ3v) is 1.96. The molecule has 1 rings (SSSR count). The summed E-state index contributed by atoms with van der Waals surface area (Å²) in [5.74, 6) is -2.49. The second-order valence-electron chi connectivity index (χ2n) is 3.34. The highest BCUT2D eigenvalue weighted by Crippen LogP contribution is 2.19. The van der Waals surface area contributed by atoms with Crippen LogP contribution in [0.15, 0.2) is 18.2 Å². The first-order chi connectivity index (χ1) is 7.41. The number of hydrogen-bond donors (Lipinski definition) is 2. The highest BCUT2D eigenvalue weighted by atomic mass is 16.4. The summed E-state index contributed by atoms with van der Waals surface area (Å²) in [4.78, 5) is 32.9. The van der Waals surface area contributed by atoms with E-state index >= 15 is 0 Å². The number of rotatable bonds is 4. The minimum atomic E-state index is -1.32. The van der Waals surface area contributed by atoms with Crippen LogP contribution in [0.2, 0.25) is 0 Å². The highest BCUT2D eigenvalue weighted by Gasteiger charge is 2.14. The van der Waals surface area contributed by atoms with Crippen molar-refractivity contribution in [2.24, 2.45) is 0 Å². The van der Waals surface area contributed by atoms with Crippen molar-refractivity contribution >= 4 is 17.5 Å². The Balaban J connectivity index is 3.08. The van der Waals surface area contributed by atoms with Gasteiger partial charge in [0.05, 0.1) is 6.42 Å². The van der Waals surface area contributed by atoms with Crippen molar-refractivity contribution in [3.8, 4) is 5.75 Å². The lowest BCUT2D eigenvalue weighted by molar-refractivity contribution is -0.116. The Kier molecular flexibility index (Phi) is 3.40. The molecule has 0 unspecified atom stereocenters. The van der Waals surface area contributed by atoms with Crippen molar-refractivity contribution < 1.29 is 24.6 Å². The molecular formula is C11H10O5. The van der Waals surface area contributed by atoms with Crippen LogP contribution in [0.3, 0.4) is 0 Å². The lowest BCUT2D eigenvalue weighted by atomic mass is 10.0. The molecule has 0 saturated heterocycles. The molecule has 0 fully saturated rings. The van der Waals surface area contributed by atoms with E-state index in [-0.39, 0.29) is 23.3 Å². The van der Waals surface area contributed by atoms with Gasteiger partial charge in [0.1, 0.15) is 17.1 Å². The van der Waals surface area contributed by atoms with Gasteiger partial charge in [-0.05, 0) is 25.1 Å². The van der Waals surface area contributed by atoms with E-state index in [2.05, 4.69) is 0 Å². The maximum atomic E-state index is 11.4. The number of carbonyl (C=O) groups excluding carboxylic acids is 2. The molecule has 84 valence electrons. The maximum Gasteiger partial charge on any atom is 0.339 e. The second-order valence-corrected chi connectivity index (χ2v) is 3.34. The van der Waals surface area contributed by atoms with E-state index in [9.17, 15) is 19.5 Å². The van der Waals surface area contributed by atoms with Crippen LogP contribution in [0.5, 0.6) is 5.75 Å². The molecule has 0 heterocycles. The van der Waals surface area contributed by atoms with Gasteiger partial charge < -0.3 is 10.2 Å². The first kappa shape index (κ1) is 11.9. The van der Waals surface area contributed by atoms with Crippen LogP contribution in [-0.2, 0) is 4.79 Å². The van der Waals surface area contributed by atoms with Crippen LogP contribution in [0.1, 0.15) is 34.1 Å². The SMILES string of the molecule is CC(=O)CC(=O)c1ccc(O)c(C(=O)O)c1. The van der Waals surface area contributed by atoms with Gasteiger partial charge in [0.15, 0.2) is 5.78 Å². The number of benzene rings is 1. The molecule has 0 aliphatic carbocycles. The summed E-state index contributed by atoms with van der Waals surface area (Å²) in [6.07, 6.45) is -0.274. The van der Waals surface area contributed by atoms with Crippen LogP contribution in [0.4, 0.5) is 0 Å². The fraction of sp³-hybridized carbons (Fsp3) is 0.182. The lowest BCUT2D eigenvalue weighted by Crippen LogP contribution is -2.06. The Bertz CT molecular complexity index is 461. The summed E-state index contributed by atoms with van der Waals surface area (Å²) in [6.45, 7) is 1.27. The quantitative estimate of drug-likeness (QED) is 0.590. The van der Waals surface area contributed by atoms with Gasteiger partial charge in [0.2, 0.25) is 0 Å². The molecule has 0 amide bonds. The van der Waals surface area contributed by atoms with E-state index in [4.69, 9.17) is 5.11 Å². The molecule has 5 heteroatoms. The summed E-state index contributed by atoms with van der Waals surface area (Å²) < 4.78 is 0. The third-order valence-electron chi connectivity index (χ3n) is 1.96. The summed E-state index contributed by atoms with van der Waals surface area (Å²) in [6, 6.07) is 3.47. The lowest BCUT2D eigenvalue weighted by Gasteiger charge is -2.02. The van der Waals surface area contributed by atoms with Crippen molar-refractivity contribution in [3.63, 3.8) is 0 Å². The normalized spacial score (nSPS) is 9.81. The van der Waals surface area contributed by atoms with Gasteiger partial charge in [-0.3, -0.25) is 9.59 Å². The Labute approximate surface area is 91.3 Å². The maximum absolute atomic E-state index is 11.4. The number of ketones is 2. The Morgan fingerprint density at radius 1 is 1.25 bits per heavy atom. The topological polar surface area (TPSA) is 91.7 Å². The third kappa shape index (κ3) is 2.66. The average molecular weight is 222 g/mol. The zero-order valence-electron chi connectivity index (χ0n) is 8.56. The monoisotopic (exact) mass is 222 g/mol. The van der Waals surface area contributed by atoms with E-state index < -0.39 is 17.5 Å². The zero-order valence-corrected chi connectivity index (χ0v) is 8.56. The van der Waals surface area contributed by atoms with E-state index in [1.165, 1.54) is 13.0 Å². The van der Waals surface area contributed by atoms with Gasteiger partial charge in [-0.15, -0.1) is 0 Å². The van der Waals surface area contributed by atoms with Crippen LogP contribution in [-0.4, -0.2) is 27.7 Å². The first-order valence-electron chi connectivity index (χ1n) is 4.50. The molecule has 0 bridgehead atoms. The number of carbonyl (C=O) groups is 3. The average Bonchev–Trinajstić information content (AvgIpc) is 2.16. The molecule has 0 atom stereocenters. The molecule has 1 aromatic rings. The number of Topliss-reactive ketones (excluding diaryl/α,β-unsaturated/α-hetero) is 2. The van der Waals surface area contributed by atoms with Crippen molar-refractivity contribution in [1.29, 1.82) is 0 Å². The van der Waals surface area contributed by atoms with Crippen molar-refractivity contribution in [1.82, 2.24) is 0 Å². The molecule has 0 aliphatic heterocycles. The highest BCUT2D eigenvalue weighted by molar-refractivity contribution is 6.08. The number of carboxylic acid groups (broad SMARTS) is 1. The minimum Gasteiger partial charge on any atom is -0.507 e. The number of aromatic hydroxyl groups is 1. The Morgan fingerprint density at radius 3 is 2.38 bits per heavy atom. The predicted molar refractivity (Wildman–Crippen MR) is 54.7 cm³/mol. The van der Waals surface area contributed by atoms with Gasteiger partial charge in [-0.2, -0.15) is 0 Å². The van der Waals surface area contributed by atoms with Gasteiger partial charge >= 0.3 is 5.97 Å². The number of aromatic carboxylic acids is 1. The van der Waals surface area contributed by atoms with E-state index in [0.717, 1.165) is 12.1 Å². The standard InChI is InChI=1S/C11H10O5/c1-6(12)4-10(14)7-2-3-9(13)8(5-7)11(15)16/h2-3,5,13H,4H2,1H3,(H,15,16). The number of phenols is 1. The molecule has 0 saturated carbocycles. The molecule has 5 nitrogen and oxygen atoms in total. The Hall–Kier alpha value is -2.17. The van der Waals surface area contributed by atoms with Gasteiger partial charge in [-0.1, -0.05) is 0 Å². The summed E-state index contributed by atoms with van der Waals surface area (Å²) >= 11 is 0. The van der Waals surface area contributed by atoms with E-state index in [1.807, 2.05) is 0 Å². The van der Waals surface area contributed by atoms with Crippen molar-refractivity contribution in [2.45, 2.75) is 13.3 Å². The first-order valence-corrected chi connectivity index (χ1v) is 4.50. The summed E-state index contributed by atoms with van der Waals surface area (Å²) in [7, 11) is 0. The van der Waals surface area contributed by atoms with E-state index in [0.29, 0.717) is 0 Å². The second kappa shape index (κ2) is 4.57. The van der Waals surface area contributed by atoms with Crippen LogP contribution in [0, 0.1) is 0 Å². The summed E-state index contributed by atoms with van der Waals surface area (Å²) in [5.41, 5.74) is -0.250. The predicted octanol–water partition coefficient (Wildman–Crippen LogP) is 1.25. The minimum absolute atomic E-state index is 0.102. The van der Waals surface area contributed by atoms with Crippen LogP contribution >= 0.6 is 0 Å². The van der Waals surface area contributed by atoms with Crippen LogP contribution < -0.4 is 0 Å². The summed E-state index contributed by atoms with van der Waals surface area (Å²) in [5, 5.41) is 17.9. The van der Waals surface area contributed by atoms with Gasteiger partial charge in [0.25, 0.3) is 0 Å². The number of carboxylic acids is 1. The molecule has 0 aliphatic rings. The molecular weight excluding hydrogens is 212 g/mol. The fourth-order valence-electron chi connectivity index (χ4n) is 1.21. The van der Waals surface area contributed by atoms with Crippen molar-refractivity contribution in [2.75, 3.05) is 0 Å². The largest absolute Gasteiger partial charge is 0.507 e. The zero-order chi connectivity index (χ0) is 12.3. The fourth-order valence-corrected chi connectivity index (χ4v) is 1.21. The Morgan fingerprint density at radius 2 is 1.88 bits per heavy atom. The van der Waals surface area contributed by atoms with Gasteiger partial charge in [-0.25, -0.2) is 4.79 Å². The molecule has 0 radical (unpaired) electrons. The number of hydrogen-bond acceptors (Lipinski definition) is 4. The van der Waals surface area contributed by atoms with E-state index in [1.54, 1.807) is 0 Å². The molecule has 1 aromatic carbocycles. The molecule has 2 N–H and O–H groups in total. The molecule has 0 spiro atoms. The van der Waals surface area contributed by atoms with Crippen LogP contribution in [0.25, 0.3) is 0 Å². The smallest absolute Gasteiger partial charge is 0.339 e. The molecule has 16 heavy (non-hydrogen) atoms. The molecule has 0 aromatic heterocycles. The van der Waals surface area contributed by atoms with Gasteiger partial charge in [0, 0.05) is 5.56 Å². The van der Waals surface area contributed by atoms with Crippen molar-refractivity contribution in [3.05, 3.63) is 29.3 Å².